The maximum absolute atomic E-state index is 12.9. The minimum absolute atomic E-state index is 0.249. The quantitative estimate of drug-likeness (QED) is 0.454. The van der Waals surface area contributed by atoms with E-state index in [0.29, 0.717) is 24.6 Å². The SMILES string of the molecule is CCNC(=NCc1ccc(F)cc1)NCCc1ccc(C(=O)OC)cc1. The van der Waals surface area contributed by atoms with Crippen LogP contribution in [0.15, 0.2) is 53.5 Å². The summed E-state index contributed by atoms with van der Waals surface area (Å²) in [6, 6.07) is 13.7. The molecule has 138 valence electrons. The van der Waals surface area contributed by atoms with E-state index in [-0.39, 0.29) is 11.8 Å². The van der Waals surface area contributed by atoms with Gasteiger partial charge in [0, 0.05) is 13.1 Å². The fourth-order valence-corrected chi connectivity index (χ4v) is 2.35. The normalized spacial score (nSPS) is 11.1. The zero-order valence-corrected chi connectivity index (χ0v) is 15.1. The molecular formula is C20H24FN3O2. The Hall–Kier alpha value is -2.89. The molecule has 2 rings (SSSR count). The second-order valence-electron chi connectivity index (χ2n) is 5.69. The molecule has 26 heavy (non-hydrogen) atoms. The van der Waals surface area contributed by atoms with Gasteiger partial charge in [-0.2, -0.15) is 0 Å². The molecule has 0 fully saturated rings. The molecule has 0 aliphatic heterocycles. The van der Waals surface area contributed by atoms with E-state index in [4.69, 9.17) is 0 Å². The Kier molecular flexibility index (Phi) is 7.61. The molecule has 0 atom stereocenters. The molecule has 0 unspecified atom stereocenters. The molecule has 5 nitrogen and oxygen atoms in total. The van der Waals surface area contributed by atoms with Gasteiger partial charge in [-0.15, -0.1) is 0 Å². The van der Waals surface area contributed by atoms with E-state index >= 15 is 0 Å². The first-order chi connectivity index (χ1) is 12.6. The number of rotatable bonds is 7. The number of esters is 1. The summed E-state index contributed by atoms with van der Waals surface area (Å²) in [4.78, 5) is 15.9. The number of aliphatic imine (C=N–C) groups is 1. The van der Waals surface area contributed by atoms with Crippen molar-refractivity contribution < 1.29 is 13.9 Å². The molecule has 0 heterocycles. The van der Waals surface area contributed by atoms with E-state index in [1.54, 1.807) is 24.3 Å². The van der Waals surface area contributed by atoms with Crippen LogP contribution in [0.2, 0.25) is 0 Å². The zero-order valence-electron chi connectivity index (χ0n) is 15.1. The number of carbonyl (C=O) groups is 1. The molecule has 2 aromatic rings. The van der Waals surface area contributed by atoms with Crippen molar-refractivity contribution in [3.63, 3.8) is 0 Å². The van der Waals surface area contributed by atoms with Crippen molar-refractivity contribution in [3.05, 3.63) is 71.0 Å². The smallest absolute Gasteiger partial charge is 0.337 e. The highest BCUT2D eigenvalue weighted by Gasteiger charge is 2.04. The van der Waals surface area contributed by atoms with Crippen molar-refractivity contribution in [2.24, 2.45) is 4.99 Å². The Bertz CT molecular complexity index is 728. The van der Waals surface area contributed by atoms with Gasteiger partial charge in [0.15, 0.2) is 5.96 Å². The van der Waals surface area contributed by atoms with Gasteiger partial charge in [0.1, 0.15) is 5.82 Å². The highest BCUT2D eigenvalue weighted by atomic mass is 19.1. The highest BCUT2D eigenvalue weighted by Crippen LogP contribution is 2.06. The molecule has 0 aliphatic carbocycles. The molecule has 0 spiro atoms. The topological polar surface area (TPSA) is 62.7 Å². The molecule has 0 aliphatic rings. The number of hydrogen-bond acceptors (Lipinski definition) is 3. The molecule has 0 radical (unpaired) electrons. The lowest BCUT2D eigenvalue weighted by Crippen LogP contribution is -2.38. The number of nitrogens with zero attached hydrogens (tertiary/aromatic N) is 1. The fraction of sp³-hybridized carbons (Fsp3) is 0.300. The van der Waals surface area contributed by atoms with Gasteiger partial charge in [-0.05, 0) is 48.7 Å². The van der Waals surface area contributed by atoms with Crippen LogP contribution in [-0.2, 0) is 17.7 Å². The van der Waals surface area contributed by atoms with Gasteiger partial charge >= 0.3 is 5.97 Å². The van der Waals surface area contributed by atoms with Crippen LogP contribution in [0.3, 0.4) is 0 Å². The Labute approximate surface area is 153 Å². The van der Waals surface area contributed by atoms with Gasteiger partial charge in [-0.1, -0.05) is 24.3 Å². The van der Waals surface area contributed by atoms with E-state index in [2.05, 4.69) is 20.4 Å². The van der Waals surface area contributed by atoms with E-state index in [9.17, 15) is 9.18 Å². The van der Waals surface area contributed by atoms with Crippen molar-refractivity contribution in [3.8, 4) is 0 Å². The first kappa shape index (κ1) is 19.4. The summed E-state index contributed by atoms with van der Waals surface area (Å²) >= 11 is 0. The Morgan fingerprint density at radius 2 is 1.69 bits per heavy atom. The van der Waals surface area contributed by atoms with Gasteiger partial charge in [-0.25, -0.2) is 14.2 Å². The number of hydrogen-bond donors (Lipinski definition) is 2. The molecule has 0 aromatic heterocycles. The third-order valence-corrected chi connectivity index (χ3v) is 3.76. The van der Waals surface area contributed by atoms with Crippen molar-refractivity contribution in [2.75, 3.05) is 20.2 Å². The summed E-state index contributed by atoms with van der Waals surface area (Å²) < 4.78 is 17.6. The summed E-state index contributed by atoms with van der Waals surface area (Å²) in [5.41, 5.74) is 2.60. The Morgan fingerprint density at radius 3 is 2.31 bits per heavy atom. The second kappa shape index (κ2) is 10.2. The molecule has 0 bridgehead atoms. The van der Waals surface area contributed by atoms with Crippen LogP contribution in [0.1, 0.15) is 28.4 Å². The van der Waals surface area contributed by atoms with E-state index < -0.39 is 0 Å². The zero-order chi connectivity index (χ0) is 18.8. The molecule has 6 heteroatoms. The van der Waals surface area contributed by atoms with Crippen molar-refractivity contribution in [1.29, 1.82) is 0 Å². The third-order valence-electron chi connectivity index (χ3n) is 3.76. The monoisotopic (exact) mass is 357 g/mol. The number of halogens is 1. The van der Waals surface area contributed by atoms with E-state index in [1.807, 2.05) is 19.1 Å². The van der Waals surface area contributed by atoms with Gasteiger partial charge in [0.05, 0.1) is 19.2 Å². The standard InChI is InChI=1S/C20H24FN3O2/c1-3-22-20(24-14-16-6-10-18(21)11-7-16)23-13-12-15-4-8-17(9-5-15)19(25)26-2/h4-11H,3,12-14H2,1-2H3,(H2,22,23,24). The van der Waals surface area contributed by atoms with Crippen LogP contribution in [0.4, 0.5) is 4.39 Å². The van der Waals surface area contributed by atoms with Crippen LogP contribution in [0.25, 0.3) is 0 Å². The summed E-state index contributed by atoms with van der Waals surface area (Å²) in [7, 11) is 1.37. The van der Waals surface area contributed by atoms with Gasteiger partial charge in [0.2, 0.25) is 0 Å². The average molecular weight is 357 g/mol. The van der Waals surface area contributed by atoms with Crippen LogP contribution < -0.4 is 10.6 Å². The lowest BCUT2D eigenvalue weighted by atomic mass is 10.1. The van der Waals surface area contributed by atoms with E-state index in [0.717, 1.165) is 24.1 Å². The first-order valence-electron chi connectivity index (χ1n) is 8.56. The van der Waals surface area contributed by atoms with Gasteiger partial charge in [0.25, 0.3) is 0 Å². The lowest BCUT2D eigenvalue weighted by molar-refractivity contribution is 0.0600. The summed E-state index contributed by atoms with van der Waals surface area (Å²) in [5, 5.41) is 6.46. The molecule has 2 aromatic carbocycles. The number of guanidine groups is 1. The number of methoxy groups -OCH3 is 1. The van der Waals surface area contributed by atoms with Crippen LogP contribution in [-0.4, -0.2) is 32.1 Å². The maximum Gasteiger partial charge on any atom is 0.337 e. The average Bonchev–Trinajstić information content (AvgIpc) is 2.67. The number of benzene rings is 2. The molecule has 0 amide bonds. The minimum atomic E-state index is -0.336. The van der Waals surface area contributed by atoms with Gasteiger partial charge < -0.3 is 15.4 Å². The van der Waals surface area contributed by atoms with Crippen molar-refractivity contribution in [2.45, 2.75) is 19.9 Å². The number of ether oxygens (including phenoxy) is 1. The maximum atomic E-state index is 12.9. The van der Waals surface area contributed by atoms with E-state index in [1.165, 1.54) is 19.2 Å². The molecule has 0 saturated heterocycles. The molecule has 0 saturated carbocycles. The van der Waals surface area contributed by atoms with Crippen molar-refractivity contribution >= 4 is 11.9 Å². The Morgan fingerprint density at radius 1 is 1.04 bits per heavy atom. The minimum Gasteiger partial charge on any atom is -0.465 e. The largest absolute Gasteiger partial charge is 0.465 e. The predicted molar refractivity (Wildman–Crippen MR) is 101 cm³/mol. The van der Waals surface area contributed by atoms with Crippen LogP contribution in [0, 0.1) is 5.82 Å². The predicted octanol–water partition coefficient (Wildman–Crippen LogP) is 2.91. The molecule has 2 N–H and O–H groups in total. The van der Waals surface area contributed by atoms with Crippen LogP contribution >= 0.6 is 0 Å². The summed E-state index contributed by atoms with van der Waals surface area (Å²) in [6.07, 6.45) is 0.794. The number of nitrogens with one attached hydrogen (secondary N) is 2. The third kappa shape index (κ3) is 6.20. The van der Waals surface area contributed by atoms with Gasteiger partial charge in [-0.3, -0.25) is 0 Å². The number of carbonyl (C=O) groups excluding carboxylic acids is 1. The summed E-state index contributed by atoms with van der Waals surface area (Å²) in [6.45, 7) is 3.93. The molecular weight excluding hydrogens is 333 g/mol. The van der Waals surface area contributed by atoms with Crippen LogP contribution in [0.5, 0.6) is 0 Å². The second-order valence-corrected chi connectivity index (χ2v) is 5.69. The van der Waals surface area contributed by atoms with Crippen molar-refractivity contribution in [1.82, 2.24) is 10.6 Å². The Balaban J connectivity index is 1.86. The lowest BCUT2D eigenvalue weighted by Gasteiger charge is -2.11. The fourth-order valence-electron chi connectivity index (χ4n) is 2.35. The first-order valence-corrected chi connectivity index (χ1v) is 8.56. The summed E-state index contributed by atoms with van der Waals surface area (Å²) in [5.74, 6) is 0.126. The highest BCUT2D eigenvalue weighted by molar-refractivity contribution is 5.89.